The van der Waals surface area contributed by atoms with E-state index >= 15 is 0 Å². The molecule has 0 spiro atoms. The number of aromatic nitrogens is 4. The van der Waals surface area contributed by atoms with Crippen LogP contribution in [-0.4, -0.2) is 44.7 Å². The number of aryl methyl sites for hydroxylation is 2. The summed E-state index contributed by atoms with van der Waals surface area (Å²) in [6, 6.07) is 20.2. The van der Waals surface area contributed by atoms with E-state index in [4.69, 9.17) is 10.00 Å². The molecule has 0 saturated carbocycles. The lowest BCUT2D eigenvalue weighted by Crippen LogP contribution is -2.39. The molecule has 3 aromatic rings. The normalized spacial score (nSPS) is 12.4. The van der Waals surface area contributed by atoms with Crippen LogP contribution in [-0.2, 0) is 33.7 Å². The summed E-state index contributed by atoms with van der Waals surface area (Å²) in [6.07, 6.45) is 1.90. The topological polar surface area (TPSA) is 123 Å². The summed E-state index contributed by atoms with van der Waals surface area (Å²) < 4.78 is 6.71. The molecule has 0 radical (unpaired) electrons. The van der Waals surface area contributed by atoms with Gasteiger partial charge in [0.25, 0.3) is 0 Å². The van der Waals surface area contributed by atoms with Gasteiger partial charge in [0.05, 0.1) is 31.6 Å². The van der Waals surface area contributed by atoms with Crippen LogP contribution in [0.15, 0.2) is 54.6 Å². The molecule has 9 nitrogen and oxygen atoms in total. The third-order valence-electron chi connectivity index (χ3n) is 5.85. The summed E-state index contributed by atoms with van der Waals surface area (Å²) in [5.41, 5.74) is 3.33. The van der Waals surface area contributed by atoms with Crippen molar-refractivity contribution >= 4 is 11.9 Å². The molecule has 0 aliphatic heterocycles. The second kappa shape index (κ2) is 13.7. The Hall–Kier alpha value is -4.06. The number of tetrazole rings is 1. The molecule has 1 N–H and O–H groups in total. The number of rotatable bonds is 13. The van der Waals surface area contributed by atoms with Gasteiger partial charge in [-0.05, 0) is 46.9 Å². The van der Waals surface area contributed by atoms with Gasteiger partial charge in [0.1, 0.15) is 0 Å². The first-order valence-electron chi connectivity index (χ1n) is 12.2. The lowest BCUT2D eigenvalue weighted by atomic mass is 9.94. The number of carbonyl (C=O) groups is 2. The van der Waals surface area contributed by atoms with E-state index in [9.17, 15) is 9.59 Å². The fraction of sp³-hybridized carbons (Fsp3) is 0.407. The van der Waals surface area contributed by atoms with Gasteiger partial charge in [-0.25, -0.2) is 4.68 Å². The molecule has 0 fully saturated rings. The van der Waals surface area contributed by atoms with E-state index < -0.39 is 0 Å². The molecule has 2 aromatic carbocycles. The molecule has 36 heavy (non-hydrogen) atoms. The molecule has 2 atom stereocenters. The van der Waals surface area contributed by atoms with Gasteiger partial charge >= 0.3 is 5.97 Å². The number of hydrogen-bond acceptors (Lipinski definition) is 7. The van der Waals surface area contributed by atoms with Gasteiger partial charge in [0.15, 0.2) is 5.82 Å². The molecule has 0 saturated heterocycles. The molecule has 1 heterocycles. The van der Waals surface area contributed by atoms with Crippen molar-refractivity contribution in [3.63, 3.8) is 0 Å². The highest BCUT2D eigenvalue weighted by Gasteiger charge is 2.22. The van der Waals surface area contributed by atoms with Crippen LogP contribution in [0.1, 0.15) is 44.5 Å². The number of benzene rings is 2. The van der Waals surface area contributed by atoms with E-state index in [1.807, 2.05) is 25.1 Å². The van der Waals surface area contributed by atoms with E-state index in [0.29, 0.717) is 44.7 Å². The molecular formula is C27H32N6O3. The molecule has 0 aliphatic carbocycles. The van der Waals surface area contributed by atoms with Crippen molar-refractivity contribution in [3.05, 3.63) is 66.0 Å². The Labute approximate surface area is 211 Å². The Morgan fingerprint density at radius 3 is 2.53 bits per heavy atom. The van der Waals surface area contributed by atoms with Crippen molar-refractivity contribution < 1.29 is 14.3 Å². The molecule has 9 heteroatoms. The largest absolute Gasteiger partial charge is 0.466 e. The Morgan fingerprint density at radius 2 is 1.83 bits per heavy atom. The van der Waals surface area contributed by atoms with E-state index in [1.54, 1.807) is 11.6 Å². The third kappa shape index (κ3) is 8.01. The SMILES string of the molecule is CCOC(=O)[C@H](C)C[C@@H](Cc1ccc(-c2ccccc2)cc1)NC(=O)CCc1nnnn1CCC#N. The zero-order chi connectivity index (χ0) is 25.8. The van der Waals surface area contributed by atoms with E-state index in [1.165, 1.54) is 0 Å². The maximum atomic E-state index is 12.8. The van der Waals surface area contributed by atoms with E-state index in [-0.39, 0.29) is 30.3 Å². The second-order valence-electron chi connectivity index (χ2n) is 8.65. The number of esters is 1. The fourth-order valence-electron chi connectivity index (χ4n) is 4.01. The maximum absolute atomic E-state index is 12.8. The Balaban J connectivity index is 1.65. The van der Waals surface area contributed by atoms with Crippen LogP contribution < -0.4 is 5.32 Å². The zero-order valence-corrected chi connectivity index (χ0v) is 20.8. The molecule has 0 aliphatic rings. The maximum Gasteiger partial charge on any atom is 0.308 e. The lowest BCUT2D eigenvalue weighted by molar-refractivity contribution is -0.148. The van der Waals surface area contributed by atoms with Crippen LogP contribution in [0.3, 0.4) is 0 Å². The van der Waals surface area contributed by atoms with Crippen molar-refractivity contribution in [1.29, 1.82) is 5.26 Å². The molecule has 0 unspecified atom stereocenters. The number of hydrogen-bond donors (Lipinski definition) is 1. The van der Waals surface area contributed by atoms with Gasteiger partial charge in [0, 0.05) is 18.9 Å². The summed E-state index contributed by atoms with van der Waals surface area (Å²) >= 11 is 0. The lowest BCUT2D eigenvalue weighted by Gasteiger charge is -2.22. The summed E-state index contributed by atoms with van der Waals surface area (Å²) in [5, 5.41) is 23.4. The number of nitriles is 1. The molecule has 1 amide bonds. The van der Waals surface area contributed by atoms with Crippen LogP contribution in [0, 0.1) is 17.2 Å². The minimum Gasteiger partial charge on any atom is -0.466 e. The number of nitrogens with zero attached hydrogens (tertiary/aromatic N) is 5. The van der Waals surface area contributed by atoms with Gasteiger partial charge < -0.3 is 10.1 Å². The third-order valence-corrected chi connectivity index (χ3v) is 5.85. The highest BCUT2D eigenvalue weighted by atomic mass is 16.5. The molecule has 0 bridgehead atoms. The van der Waals surface area contributed by atoms with Gasteiger partial charge in [-0.15, -0.1) is 5.10 Å². The molecule has 3 rings (SSSR count). The first-order chi connectivity index (χ1) is 17.5. The minimum absolute atomic E-state index is 0.146. The van der Waals surface area contributed by atoms with Crippen LogP contribution >= 0.6 is 0 Å². The summed E-state index contributed by atoms with van der Waals surface area (Å²) in [6.45, 7) is 4.31. The van der Waals surface area contributed by atoms with E-state index in [0.717, 1.165) is 16.7 Å². The molecular weight excluding hydrogens is 456 g/mol. The average molecular weight is 489 g/mol. The van der Waals surface area contributed by atoms with Crippen LogP contribution in [0.4, 0.5) is 0 Å². The fourth-order valence-corrected chi connectivity index (χ4v) is 4.01. The van der Waals surface area contributed by atoms with Gasteiger partial charge in [-0.2, -0.15) is 5.26 Å². The van der Waals surface area contributed by atoms with Crippen LogP contribution in [0.5, 0.6) is 0 Å². The predicted molar refractivity (Wildman–Crippen MR) is 134 cm³/mol. The van der Waals surface area contributed by atoms with Crippen molar-refractivity contribution in [2.24, 2.45) is 5.92 Å². The van der Waals surface area contributed by atoms with Gasteiger partial charge in [-0.3, -0.25) is 9.59 Å². The number of nitrogens with one attached hydrogen (secondary N) is 1. The first kappa shape index (κ1) is 26.5. The number of ether oxygens (including phenoxy) is 1. The summed E-state index contributed by atoms with van der Waals surface area (Å²) in [7, 11) is 0. The quantitative estimate of drug-likeness (QED) is 0.365. The first-order valence-corrected chi connectivity index (χ1v) is 12.2. The van der Waals surface area contributed by atoms with Gasteiger partial charge in [-0.1, -0.05) is 61.5 Å². The highest BCUT2D eigenvalue weighted by Crippen LogP contribution is 2.21. The van der Waals surface area contributed by atoms with Crippen LogP contribution in [0.2, 0.25) is 0 Å². The summed E-state index contributed by atoms with van der Waals surface area (Å²) in [5.74, 6) is -0.204. The van der Waals surface area contributed by atoms with Crippen molar-refractivity contribution in [2.45, 2.75) is 58.5 Å². The monoisotopic (exact) mass is 488 g/mol. The minimum atomic E-state index is -0.350. The summed E-state index contributed by atoms with van der Waals surface area (Å²) in [4.78, 5) is 25.1. The standard InChI is InChI=1S/C27H32N6O3/c1-3-36-27(35)20(2)18-24(19-21-10-12-23(13-11-21)22-8-5-4-6-9-22)29-26(34)15-14-25-30-31-32-33(25)17-7-16-28/h4-6,8-13,20,24H,3,7,14-15,17-19H2,1-2H3,(H,29,34)/t20-,24+/m1/s1. The smallest absolute Gasteiger partial charge is 0.308 e. The Bertz CT molecular complexity index is 1150. The Morgan fingerprint density at radius 1 is 1.11 bits per heavy atom. The Kier molecular flexibility index (Phi) is 10.1. The molecule has 1 aromatic heterocycles. The van der Waals surface area contributed by atoms with E-state index in [2.05, 4.69) is 63.3 Å². The second-order valence-corrected chi connectivity index (χ2v) is 8.65. The molecule has 188 valence electrons. The predicted octanol–water partition coefficient (Wildman–Crippen LogP) is 3.50. The zero-order valence-electron chi connectivity index (χ0n) is 20.8. The van der Waals surface area contributed by atoms with Crippen molar-refractivity contribution in [3.8, 4) is 17.2 Å². The number of amides is 1. The average Bonchev–Trinajstić information content (AvgIpc) is 3.34. The van der Waals surface area contributed by atoms with Crippen LogP contribution in [0.25, 0.3) is 11.1 Å². The van der Waals surface area contributed by atoms with Gasteiger partial charge in [0.2, 0.25) is 5.91 Å². The van der Waals surface area contributed by atoms with Crippen molar-refractivity contribution in [1.82, 2.24) is 25.5 Å². The highest BCUT2D eigenvalue weighted by molar-refractivity contribution is 5.77. The van der Waals surface area contributed by atoms with Crippen molar-refractivity contribution in [2.75, 3.05) is 6.61 Å². The number of carbonyl (C=O) groups excluding carboxylic acids is 2.